The molecular weight excluding hydrogens is 478 g/mol. The molecule has 1 saturated heterocycles. The van der Waals surface area contributed by atoms with E-state index in [9.17, 15) is 18.3 Å². The van der Waals surface area contributed by atoms with E-state index in [4.69, 9.17) is 4.74 Å². The van der Waals surface area contributed by atoms with Gasteiger partial charge >= 0.3 is 5.97 Å². The number of carbonyl (C=O) groups is 1. The molecule has 36 heavy (non-hydrogen) atoms. The summed E-state index contributed by atoms with van der Waals surface area (Å²) in [7, 11) is 0.772. The van der Waals surface area contributed by atoms with E-state index in [1.165, 1.54) is 38.4 Å². The van der Waals surface area contributed by atoms with Gasteiger partial charge in [0.15, 0.2) is 0 Å². The molecule has 190 valence electrons. The molecule has 0 bridgehead atoms. The predicted octanol–water partition coefficient (Wildman–Crippen LogP) is 3.42. The molecule has 1 heterocycles. The second-order valence-electron chi connectivity index (χ2n) is 8.94. The minimum atomic E-state index is -4.03. The first-order chi connectivity index (χ1) is 17.2. The average Bonchev–Trinajstić information content (AvgIpc) is 2.89. The van der Waals surface area contributed by atoms with Gasteiger partial charge in [-0.3, -0.25) is 9.21 Å². The number of hydrogen-bond donors (Lipinski definition) is 1. The van der Waals surface area contributed by atoms with Crippen LogP contribution in [0.3, 0.4) is 0 Å². The van der Waals surface area contributed by atoms with E-state index >= 15 is 0 Å². The van der Waals surface area contributed by atoms with E-state index in [1.807, 2.05) is 36.4 Å². The number of hydrogen-bond acceptors (Lipinski definition) is 7. The van der Waals surface area contributed by atoms with E-state index in [-0.39, 0.29) is 21.9 Å². The number of anilines is 1. The van der Waals surface area contributed by atoms with Crippen LogP contribution in [0, 0.1) is 0 Å². The van der Waals surface area contributed by atoms with Crippen LogP contribution in [-0.4, -0.2) is 76.7 Å². The summed E-state index contributed by atoms with van der Waals surface area (Å²) in [6, 6.07) is 18.6. The van der Waals surface area contributed by atoms with Crippen molar-refractivity contribution in [3.63, 3.8) is 0 Å². The predicted molar refractivity (Wildman–Crippen MR) is 140 cm³/mol. The van der Waals surface area contributed by atoms with E-state index in [0.29, 0.717) is 12.1 Å². The summed E-state index contributed by atoms with van der Waals surface area (Å²) in [5, 5.41) is 9.63. The van der Waals surface area contributed by atoms with Gasteiger partial charge in [-0.15, -0.1) is 0 Å². The van der Waals surface area contributed by atoms with Gasteiger partial charge in [0.05, 0.1) is 23.3 Å². The average molecular weight is 510 g/mol. The van der Waals surface area contributed by atoms with Crippen molar-refractivity contribution in [1.29, 1.82) is 0 Å². The van der Waals surface area contributed by atoms with Gasteiger partial charge in [0, 0.05) is 39.8 Å². The highest BCUT2D eigenvalue weighted by Gasteiger charge is 2.30. The maximum absolute atomic E-state index is 13.6. The van der Waals surface area contributed by atoms with Gasteiger partial charge in [-0.05, 0) is 60.1 Å². The minimum Gasteiger partial charge on any atom is -0.508 e. The molecule has 1 aliphatic heterocycles. The topological polar surface area (TPSA) is 90.4 Å². The molecule has 0 atom stereocenters. The number of phenolic OH excluding ortho intramolecular Hbond substituents is 1. The highest BCUT2D eigenvalue weighted by Crippen LogP contribution is 2.36. The highest BCUT2D eigenvalue weighted by atomic mass is 32.2. The van der Waals surface area contributed by atoms with Crippen molar-refractivity contribution in [2.45, 2.75) is 11.4 Å². The number of rotatable bonds is 7. The number of phenols is 1. The van der Waals surface area contributed by atoms with Gasteiger partial charge < -0.3 is 14.7 Å². The third-order valence-electron chi connectivity index (χ3n) is 6.50. The Labute approximate surface area is 212 Å². The van der Waals surface area contributed by atoms with E-state index in [2.05, 4.69) is 16.8 Å². The third kappa shape index (κ3) is 5.38. The Balaban J connectivity index is 1.88. The van der Waals surface area contributed by atoms with Gasteiger partial charge in [-0.25, -0.2) is 13.2 Å². The van der Waals surface area contributed by atoms with Crippen LogP contribution in [0.25, 0.3) is 11.1 Å². The Kier molecular flexibility index (Phi) is 7.63. The molecule has 0 saturated carbocycles. The molecule has 8 nitrogen and oxygen atoms in total. The molecule has 9 heteroatoms. The van der Waals surface area contributed by atoms with Crippen molar-refractivity contribution < 1.29 is 23.1 Å². The Hall–Kier alpha value is -3.40. The fourth-order valence-electron chi connectivity index (χ4n) is 4.39. The Morgan fingerprint density at radius 3 is 2.22 bits per heavy atom. The first-order valence-corrected chi connectivity index (χ1v) is 13.1. The molecule has 0 aliphatic carbocycles. The van der Waals surface area contributed by atoms with Gasteiger partial charge in [0.2, 0.25) is 0 Å². The summed E-state index contributed by atoms with van der Waals surface area (Å²) in [6.07, 6.45) is 0. The molecule has 4 rings (SSSR count). The number of piperazine rings is 1. The summed E-state index contributed by atoms with van der Waals surface area (Å²) >= 11 is 0. The molecule has 1 fully saturated rings. The largest absolute Gasteiger partial charge is 0.508 e. The lowest BCUT2D eigenvalue weighted by Crippen LogP contribution is -2.44. The lowest BCUT2D eigenvalue weighted by Gasteiger charge is -2.34. The van der Waals surface area contributed by atoms with Crippen molar-refractivity contribution in [3.05, 3.63) is 77.9 Å². The summed E-state index contributed by atoms with van der Waals surface area (Å²) in [5.41, 5.74) is 2.89. The summed E-state index contributed by atoms with van der Waals surface area (Å²) in [5.74, 6) is -0.648. The van der Waals surface area contributed by atoms with Crippen LogP contribution in [0.15, 0.2) is 71.6 Å². The number of nitrogens with zero attached hydrogens (tertiary/aromatic N) is 3. The van der Waals surface area contributed by atoms with Gasteiger partial charge in [-0.1, -0.05) is 30.3 Å². The molecule has 0 unspecified atom stereocenters. The van der Waals surface area contributed by atoms with Gasteiger partial charge in [0.25, 0.3) is 10.0 Å². The third-order valence-corrected chi connectivity index (χ3v) is 8.27. The molecule has 0 amide bonds. The van der Waals surface area contributed by atoms with Crippen molar-refractivity contribution in [2.24, 2.45) is 0 Å². The number of benzene rings is 3. The molecule has 1 aliphatic rings. The fraction of sp³-hybridized carbons (Fsp3) is 0.296. The van der Waals surface area contributed by atoms with Crippen molar-refractivity contribution in [2.75, 3.05) is 51.7 Å². The molecule has 1 N–H and O–H groups in total. The van der Waals surface area contributed by atoms with E-state index < -0.39 is 16.0 Å². The van der Waals surface area contributed by atoms with Crippen LogP contribution in [0.2, 0.25) is 0 Å². The normalized spacial score (nSPS) is 15.0. The SMILES string of the molecule is COC(=O)c1cc(-c2ccccc2)cc(CN2CCN(C)CC2)c1N(C)S(=O)(=O)c1ccc(O)cc1. The number of sulfonamides is 1. The van der Waals surface area contributed by atoms with Crippen LogP contribution in [0.1, 0.15) is 15.9 Å². The van der Waals surface area contributed by atoms with Gasteiger partial charge in [0.1, 0.15) is 5.75 Å². The Morgan fingerprint density at radius 2 is 1.61 bits per heavy atom. The monoisotopic (exact) mass is 509 g/mol. The number of ether oxygens (including phenoxy) is 1. The lowest BCUT2D eigenvalue weighted by atomic mass is 9.97. The number of likely N-dealkylation sites (N-methyl/N-ethyl adjacent to an activating group) is 1. The quantitative estimate of drug-likeness (QED) is 0.488. The molecule has 0 spiro atoms. The Morgan fingerprint density at radius 1 is 0.972 bits per heavy atom. The number of methoxy groups -OCH3 is 1. The van der Waals surface area contributed by atoms with Crippen LogP contribution in [-0.2, 0) is 21.3 Å². The lowest BCUT2D eigenvalue weighted by molar-refractivity contribution is 0.0601. The maximum Gasteiger partial charge on any atom is 0.340 e. The molecule has 0 aromatic heterocycles. The second kappa shape index (κ2) is 10.7. The number of aromatic hydroxyl groups is 1. The second-order valence-corrected chi connectivity index (χ2v) is 10.9. The first-order valence-electron chi connectivity index (χ1n) is 11.7. The zero-order valence-corrected chi connectivity index (χ0v) is 21.5. The standard InChI is InChI=1S/C27H31N3O5S/c1-28-13-15-30(16-14-28)19-22-17-21(20-7-5-4-6-8-20)18-25(27(32)35-3)26(22)29(2)36(33,34)24-11-9-23(31)10-12-24/h4-12,17-18,31H,13-16,19H2,1-3H3. The highest BCUT2D eigenvalue weighted by molar-refractivity contribution is 7.92. The zero-order chi connectivity index (χ0) is 25.9. The molecular formula is C27H31N3O5S. The van der Waals surface area contributed by atoms with Crippen molar-refractivity contribution in [3.8, 4) is 16.9 Å². The van der Waals surface area contributed by atoms with Crippen LogP contribution in [0.5, 0.6) is 5.75 Å². The number of esters is 1. The smallest absolute Gasteiger partial charge is 0.340 e. The van der Waals surface area contributed by atoms with E-state index in [0.717, 1.165) is 41.6 Å². The molecule has 3 aromatic rings. The van der Waals surface area contributed by atoms with Crippen LogP contribution in [0.4, 0.5) is 5.69 Å². The van der Waals surface area contributed by atoms with Crippen molar-refractivity contribution in [1.82, 2.24) is 9.80 Å². The first kappa shape index (κ1) is 25.7. The van der Waals surface area contributed by atoms with Crippen molar-refractivity contribution >= 4 is 21.7 Å². The summed E-state index contributed by atoms with van der Waals surface area (Å²) in [4.78, 5) is 17.5. The minimum absolute atomic E-state index is 0.0105. The number of carbonyl (C=O) groups excluding carboxylic acids is 1. The summed E-state index contributed by atoms with van der Waals surface area (Å²) in [6.45, 7) is 3.93. The molecule has 0 radical (unpaired) electrons. The Bertz CT molecular complexity index is 1320. The van der Waals surface area contributed by atoms with Gasteiger partial charge in [-0.2, -0.15) is 0 Å². The summed E-state index contributed by atoms with van der Waals surface area (Å²) < 4.78 is 33.5. The van der Waals surface area contributed by atoms with Crippen LogP contribution >= 0.6 is 0 Å². The van der Waals surface area contributed by atoms with Crippen LogP contribution < -0.4 is 4.31 Å². The molecule has 3 aromatic carbocycles. The maximum atomic E-state index is 13.6. The van der Waals surface area contributed by atoms with E-state index in [1.54, 1.807) is 6.07 Å². The zero-order valence-electron chi connectivity index (χ0n) is 20.7. The fourth-order valence-corrected chi connectivity index (χ4v) is 5.65.